The zero-order chi connectivity index (χ0) is 25.8. The van der Waals surface area contributed by atoms with Gasteiger partial charge in [0.2, 0.25) is 5.91 Å². The molecule has 1 amide bonds. The summed E-state index contributed by atoms with van der Waals surface area (Å²) in [6.07, 6.45) is 3.55. The van der Waals surface area contributed by atoms with Crippen molar-refractivity contribution in [3.05, 3.63) is 131 Å². The molecule has 0 atom stereocenters. The summed E-state index contributed by atoms with van der Waals surface area (Å²) in [6.45, 7) is 0. The van der Waals surface area contributed by atoms with Gasteiger partial charge in [-0.3, -0.25) is 14.7 Å². The van der Waals surface area contributed by atoms with Gasteiger partial charge >= 0.3 is 0 Å². The summed E-state index contributed by atoms with van der Waals surface area (Å²) in [7, 11) is 0. The fourth-order valence-corrected chi connectivity index (χ4v) is 4.01. The lowest BCUT2D eigenvalue weighted by molar-refractivity contribution is -0.115. The monoisotopic (exact) mass is 493 g/mol. The quantitative estimate of drug-likeness (QED) is 0.257. The third-order valence-corrected chi connectivity index (χ3v) is 5.86. The van der Waals surface area contributed by atoms with Crippen LogP contribution >= 0.6 is 0 Å². The van der Waals surface area contributed by atoms with Gasteiger partial charge in [-0.05, 0) is 54.1 Å². The van der Waals surface area contributed by atoms with Crippen molar-refractivity contribution >= 4 is 40.4 Å². The second-order valence-corrected chi connectivity index (χ2v) is 8.48. The Hall–Kier alpha value is -4.91. The number of ketones is 1. The van der Waals surface area contributed by atoms with Crippen LogP contribution < -0.4 is 5.32 Å². The van der Waals surface area contributed by atoms with Crippen molar-refractivity contribution in [2.24, 2.45) is 0 Å². The molecule has 1 aromatic heterocycles. The highest BCUT2D eigenvalue weighted by atomic mass is 19.1. The molecule has 0 bridgehead atoms. The number of anilines is 1. The molecular weight excluding hydrogens is 472 g/mol. The lowest BCUT2D eigenvalue weighted by atomic mass is 10.0. The van der Waals surface area contributed by atoms with Gasteiger partial charge in [0.15, 0.2) is 5.78 Å². The predicted octanol–water partition coefficient (Wildman–Crippen LogP) is 6.42. The van der Waals surface area contributed by atoms with Crippen LogP contribution in [0.1, 0.15) is 32.7 Å². The van der Waals surface area contributed by atoms with Gasteiger partial charge in [-0.25, -0.2) is 8.78 Å². The highest BCUT2D eigenvalue weighted by Crippen LogP contribution is 2.22. The van der Waals surface area contributed by atoms with Crippen molar-refractivity contribution < 1.29 is 18.4 Å². The number of halogens is 2. The molecule has 4 aromatic carbocycles. The van der Waals surface area contributed by atoms with E-state index >= 15 is 0 Å². The van der Waals surface area contributed by atoms with Gasteiger partial charge in [-0.1, -0.05) is 54.6 Å². The number of amides is 1. The molecule has 1 heterocycles. The first kappa shape index (κ1) is 23.8. The SMILES string of the molecule is O=C(Cc1cc(F)ccc1F)Nc1cccc(C(=O)c2ccc3c(/C=C/c4ccccc4)n[nH]c3c2)c1. The zero-order valence-electron chi connectivity index (χ0n) is 19.5. The van der Waals surface area contributed by atoms with Gasteiger partial charge in [0, 0.05) is 27.8 Å². The first-order valence-corrected chi connectivity index (χ1v) is 11.6. The molecule has 0 saturated heterocycles. The van der Waals surface area contributed by atoms with Crippen molar-refractivity contribution in [3.63, 3.8) is 0 Å². The van der Waals surface area contributed by atoms with Crippen LogP contribution in [0, 0.1) is 11.6 Å². The average molecular weight is 494 g/mol. The highest BCUT2D eigenvalue weighted by molar-refractivity contribution is 6.11. The Morgan fingerprint density at radius 3 is 2.49 bits per heavy atom. The molecule has 0 aliphatic carbocycles. The Morgan fingerprint density at radius 2 is 1.65 bits per heavy atom. The number of carbonyl (C=O) groups is 2. The fraction of sp³-hybridized carbons (Fsp3) is 0.0333. The van der Waals surface area contributed by atoms with E-state index in [0.717, 1.165) is 40.4 Å². The number of hydrogen-bond donors (Lipinski definition) is 2. The van der Waals surface area contributed by atoms with Crippen LogP contribution in [0.2, 0.25) is 0 Å². The highest BCUT2D eigenvalue weighted by Gasteiger charge is 2.14. The van der Waals surface area contributed by atoms with E-state index in [-0.39, 0.29) is 17.8 Å². The van der Waals surface area contributed by atoms with Gasteiger partial charge in [0.25, 0.3) is 0 Å². The van der Waals surface area contributed by atoms with Crippen molar-refractivity contribution in [3.8, 4) is 0 Å². The Morgan fingerprint density at radius 1 is 0.838 bits per heavy atom. The normalized spacial score (nSPS) is 11.2. The number of nitrogens with zero attached hydrogens (tertiary/aromatic N) is 1. The number of aromatic amines is 1. The van der Waals surface area contributed by atoms with E-state index < -0.39 is 17.5 Å². The molecule has 0 unspecified atom stereocenters. The minimum atomic E-state index is -0.659. The summed E-state index contributed by atoms with van der Waals surface area (Å²) in [6, 6.07) is 24.6. The third kappa shape index (κ3) is 5.51. The Bertz CT molecular complexity index is 1640. The first-order chi connectivity index (χ1) is 18.0. The molecule has 7 heteroatoms. The van der Waals surface area contributed by atoms with Crippen LogP contribution in [0.3, 0.4) is 0 Å². The standard InChI is InChI=1S/C30H21F2N3O2/c31-23-11-13-26(32)22(15-23)18-29(36)33-24-8-4-7-20(16-24)30(37)21-10-12-25-27(34-35-28(25)17-21)14-9-19-5-2-1-3-6-19/h1-17H,18H2,(H,33,36)(H,34,35)/b14-9+. The van der Waals surface area contributed by atoms with Gasteiger partial charge in [-0.15, -0.1) is 0 Å². The second kappa shape index (κ2) is 10.4. The molecule has 0 fully saturated rings. The van der Waals surface area contributed by atoms with E-state index in [2.05, 4.69) is 15.5 Å². The predicted molar refractivity (Wildman–Crippen MR) is 140 cm³/mol. The van der Waals surface area contributed by atoms with Crippen LogP contribution in [0.15, 0.2) is 91.0 Å². The number of rotatable bonds is 7. The summed E-state index contributed by atoms with van der Waals surface area (Å²) in [5, 5.41) is 10.9. The van der Waals surface area contributed by atoms with E-state index in [1.165, 1.54) is 0 Å². The molecule has 37 heavy (non-hydrogen) atoms. The molecular formula is C30H21F2N3O2. The van der Waals surface area contributed by atoms with Crippen LogP contribution in [0.25, 0.3) is 23.1 Å². The first-order valence-electron chi connectivity index (χ1n) is 11.6. The van der Waals surface area contributed by atoms with Crippen molar-refractivity contribution in [1.82, 2.24) is 10.2 Å². The molecule has 5 rings (SSSR count). The maximum Gasteiger partial charge on any atom is 0.228 e. The maximum atomic E-state index is 13.9. The summed E-state index contributed by atoms with van der Waals surface area (Å²) in [4.78, 5) is 25.6. The van der Waals surface area contributed by atoms with Crippen molar-refractivity contribution in [1.29, 1.82) is 0 Å². The van der Waals surface area contributed by atoms with Crippen LogP contribution in [-0.2, 0) is 11.2 Å². The Labute approximate surface area is 211 Å². The number of carbonyl (C=O) groups excluding carboxylic acids is 2. The van der Waals surface area contributed by atoms with E-state index in [4.69, 9.17) is 0 Å². The average Bonchev–Trinajstić information content (AvgIpc) is 3.32. The number of aromatic nitrogens is 2. The molecule has 0 aliphatic rings. The second-order valence-electron chi connectivity index (χ2n) is 8.48. The maximum absolute atomic E-state index is 13.9. The number of nitrogens with one attached hydrogen (secondary N) is 2. The number of hydrogen-bond acceptors (Lipinski definition) is 3. The van der Waals surface area contributed by atoms with Crippen molar-refractivity contribution in [2.45, 2.75) is 6.42 Å². The zero-order valence-corrected chi connectivity index (χ0v) is 19.5. The van der Waals surface area contributed by atoms with E-state index in [9.17, 15) is 18.4 Å². The third-order valence-electron chi connectivity index (χ3n) is 5.86. The van der Waals surface area contributed by atoms with Crippen molar-refractivity contribution in [2.75, 3.05) is 5.32 Å². The topological polar surface area (TPSA) is 74.8 Å². The lowest BCUT2D eigenvalue weighted by Crippen LogP contribution is -2.15. The molecule has 0 aliphatic heterocycles. The molecule has 182 valence electrons. The van der Waals surface area contributed by atoms with Gasteiger partial charge in [-0.2, -0.15) is 5.10 Å². The fourth-order valence-electron chi connectivity index (χ4n) is 4.01. The molecule has 5 nitrogen and oxygen atoms in total. The van der Waals surface area contributed by atoms with Crippen LogP contribution in [0.4, 0.5) is 14.5 Å². The number of H-pyrrole nitrogens is 1. The van der Waals surface area contributed by atoms with Crippen LogP contribution in [-0.4, -0.2) is 21.9 Å². The number of benzene rings is 4. The minimum Gasteiger partial charge on any atom is -0.326 e. The molecule has 2 N–H and O–H groups in total. The summed E-state index contributed by atoms with van der Waals surface area (Å²) >= 11 is 0. The number of fused-ring (bicyclic) bond motifs is 1. The smallest absolute Gasteiger partial charge is 0.228 e. The van der Waals surface area contributed by atoms with Crippen LogP contribution in [0.5, 0.6) is 0 Å². The molecule has 0 radical (unpaired) electrons. The minimum absolute atomic E-state index is 0.0458. The Kier molecular flexibility index (Phi) is 6.68. The van der Waals surface area contributed by atoms with E-state index in [1.54, 1.807) is 36.4 Å². The van der Waals surface area contributed by atoms with E-state index in [0.29, 0.717) is 16.8 Å². The Balaban J connectivity index is 1.31. The summed E-state index contributed by atoms with van der Waals surface area (Å²) < 4.78 is 27.2. The van der Waals surface area contributed by atoms with Gasteiger partial charge in [0.05, 0.1) is 17.6 Å². The molecule has 0 saturated carbocycles. The summed E-state index contributed by atoms with van der Waals surface area (Å²) in [5.74, 6) is -2.03. The van der Waals surface area contributed by atoms with Gasteiger partial charge in [0.1, 0.15) is 11.6 Å². The summed E-state index contributed by atoms with van der Waals surface area (Å²) in [5.41, 5.74) is 3.70. The molecule has 5 aromatic rings. The van der Waals surface area contributed by atoms with Gasteiger partial charge < -0.3 is 5.32 Å². The largest absolute Gasteiger partial charge is 0.326 e. The van der Waals surface area contributed by atoms with E-state index in [1.807, 2.05) is 48.6 Å². The lowest BCUT2D eigenvalue weighted by Gasteiger charge is -2.08. The molecule has 0 spiro atoms.